The van der Waals surface area contributed by atoms with Gasteiger partial charge in [-0.3, -0.25) is 4.79 Å². The van der Waals surface area contributed by atoms with Crippen molar-refractivity contribution in [1.82, 2.24) is 10.3 Å². The van der Waals surface area contributed by atoms with E-state index in [-0.39, 0.29) is 18.9 Å². The van der Waals surface area contributed by atoms with Crippen molar-refractivity contribution in [3.05, 3.63) is 16.6 Å². The zero-order valence-corrected chi connectivity index (χ0v) is 7.62. The predicted molar refractivity (Wildman–Crippen MR) is 47.3 cm³/mol. The van der Waals surface area contributed by atoms with E-state index in [9.17, 15) is 4.79 Å². The highest BCUT2D eigenvalue weighted by molar-refractivity contribution is 7.07. The predicted octanol–water partition coefficient (Wildman–Crippen LogP) is -0.426. The molecule has 72 valence electrons. The molecule has 1 amide bonds. The summed E-state index contributed by atoms with van der Waals surface area (Å²) in [6.45, 7) is 0.230. The van der Waals surface area contributed by atoms with Crippen LogP contribution in [0.2, 0.25) is 0 Å². The van der Waals surface area contributed by atoms with Crippen LogP contribution in [-0.4, -0.2) is 33.9 Å². The van der Waals surface area contributed by atoms with Crippen molar-refractivity contribution in [3.8, 4) is 0 Å². The molecule has 1 aromatic rings. The molecule has 0 atom stereocenters. The monoisotopic (exact) mass is 202 g/mol. The molecular formula is C7H10N2O3S. The lowest BCUT2D eigenvalue weighted by atomic mass is 10.4. The molecule has 1 heterocycles. The lowest BCUT2D eigenvalue weighted by Crippen LogP contribution is -2.27. The first kappa shape index (κ1) is 10.1. The maximum Gasteiger partial charge on any atom is 0.270 e. The number of amides is 1. The molecule has 0 spiro atoms. The van der Waals surface area contributed by atoms with Crippen LogP contribution in [0.1, 0.15) is 16.9 Å². The van der Waals surface area contributed by atoms with Gasteiger partial charge in [-0.1, -0.05) is 0 Å². The van der Waals surface area contributed by atoms with E-state index in [0.717, 1.165) is 0 Å². The Labute approximate surface area is 79.1 Å². The normalized spacial score (nSPS) is 10.4. The first-order valence-electron chi connectivity index (χ1n) is 3.72. The van der Waals surface area contributed by atoms with E-state index in [1.165, 1.54) is 11.3 Å². The number of nitrogens with one attached hydrogen (secondary N) is 1. The Kier molecular flexibility index (Phi) is 3.81. The zero-order valence-electron chi connectivity index (χ0n) is 6.80. The lowest BCUT2D eigenvalue weighted by molar-refractivity contribution is -0.0440. The Balaban J connectivity index is 2.27. The molecule has 0 aliphatic heterocycles. The topological polar surface area (TPSA) is 82.5 Å². The van der Waals surface area contributed by atoms with Crippen molar-refractivity contribution < 1.29 is 15.0 Å². The highest BCUT2D eigenvalue weighted by Gasteiger charge is 2.06. The standard InChI is InChI=1S/C7H10N2O3S/c10-6(11)1-2-8-7(12)5-3-13-4-9-5/h3-4,6,10-11H,1-2H2,(H,8,12). The molecule has 6 heteroatoms. The maximum atomic E-state index is 11.2. The minimum Gasteiger partial charge on any atom is -0.368 e. The second-order valence-corrected chi connectivity index (χ2v) is 3.12. The van der Waals surface area contributed by atoms with Gasteiger partial charge in [-0.25, -0.2) is 4.98 Å². The fourth-order valence-electron chi connectivity index (χ4n) is 0.730. The van der Waals surface area contributed by atoms with Gasteiger partial charge in [-0.05, 0) is 0 Å². The summed E-state index contributed by atoms with van der Waals surface area (Å²) in [7, 11) is 0. The molecule has 0 fully saturated rings. The smallest absolute Gasteiger partial charge is 0.270 e. The average molecular weight is 202 g/mol. The van der Waals surface area contributed by atoms with Crippen LogP contribution in [0.15, 0.2) is 10.9 Å². The van der Waals surface area contributed by atoms with E-state index < -0.39 is 6.29 Å². The molecule has 1 rings (SSSR count). The summed E-state index contributed by atoms with van der Waals surface area (Å²) in [6, 6.07) is 0. The highest BCUT2D eigenvalue weighted by Crippen LogP contribution is 1.99. The average Bonchev–Trinajstić information content (AvgIpc) is 2.55. The van der Waals surface area contributed by atoms with Crippen LogP contribution in [0.5, 0.6) is 0 Å². The molecule has 0 aromatic carbocycles. The first-order chi connectivity index (χ1) is 6.20. The van der Waals surface area contributed by atoms with Crippen LogP contribution < -0.4 is 5.32 Å². The molecule has 0 saturated carbocycles. The molecule has 1 aromatic heterocycles. The van der Waals surface area contributed by atoms with Crippen molar-refractivity contribution in [1.29, 1.82) is 0 Å². The fraction of sp³-hybridized carbons (Fsp3) is 0.429. The summed E-state index contributed by atoms with van der Waals surface area (Å²) in [5, 5.41) is 21.1. The fourth-order valence-corrected chi connectivity index (χ4v) is 1.26. The van der Waals surface area contributed by atoms with Crippen molar-refractivity contribution in [2.24, 2.45) is 0 Å². The van der Waals surface area contributed by atoms with Crippen LogP contribution in [-0.2, 0) is 0 Å². The molecule has 0 radical (unpaired) electrons. The third kappa shape index (κ3) is 3.49. The van der Waals surface area contributed by atoms with Gasteiger partial charge in [0, 0.05) is 18.3 Å². The Bertz CT molecular complexity index is 261. The minimum atomic E-state index is -1.38. The quantitative estimate of drug-likeness (QED) is 0.579. The molecule has 0 unspecified atom stereocenters. The van der Waals surface area contributed by atoms with Gasteiger partial charge >= 0.3 is 0 Å². The molecule has 0 aliphatic carbocycles. The van der Waals surface area contributed by atoms with E-state index in [1.807, 2.05) is 0 Å². The number of aliphatic hydroxyl groups is 2. The van der Waals surface area contributed by atoms with Crippen LogP contribution in [0, 0.1) is 0 Å². The largest absolute Gasteiger partial charge is 0.368 e. The van der Waals surface area contributed by atoms with Crippen molar-refractivity contribution >= 4 is 17.2 Å². The SMILES string of the molecule is O=C(NCCC(O)O)c1cscn1. The Morgan fingerprint density at radius 3 is 3.00 bits per heavy atom. The third-order valence-corrected chi connectivity index (χ3v) is 1.94. The number of aliphatic hydroxyl groups excluding tert-OH is 1. The maximum absolute atomic E-state index is 11.2. The second-order valence-electron chi connectivity index (χ2n) is 2.40. The number of hydrogen-bond acceptors (Lipinski definition) is 5. The Hall–Kier alpha value is -0.980. The van der Waals surface area contributed by atoms with E-state index in [4.69, 9.17) is 10.2 Å². The molecule has 5 nitrogen and oxygen atoms in total. The van der Waals surface area contributed by atoms with Gasteiger partial charge in [0.25, 0.3) is 5.91 Å². The summed E-state index contributed by atoms with van der Waals surface area (Å²) in [5.74, 6) is -0.290. The summed E-state index contributed by atoms with van der Waals surface area (Å²) in [6.07, 6.45) is -1.26. The van der Waals surface area contributed by atoms with E-state index in [2.05, 4.69) is 10.3 Å². The zero-order chi connectivity index (χ0) is 9.68. The van der Waals surface area contributed by atoms with Gasteiger partial charge in [0.05, 0.1) is 5.51 Å². The Morgan fingerprint density at radius 2 is 2.46 bits per heavy atom. The molecule has 0 bridgehead atoms. The number of aromatic nitrogens is 1. The van der Waals surface area contributed by atoms with Crippen LogP contribution in [0.4, 0.5) is 0 Å². The van der Waals surface area contributed by atoms with Crippen LogP contribution in [0.25, 0.3) is 0 Å². The summed E-state index contributed by atoms with van der Waals surface area (Å²) < 4.78 is 0. The number of thiazole rings is 1. The van der Waals surface area contributed by atoms with Gasteiger partial charge in [0.2, 0.25) is 0 Å². The molecule has 0 saturated heterocycles. The second kappa shape index (κ2) is 4.90. The third-order valence-electron chi connectivity index (χ3n) is 1.35. The summed E-state index contributed by atoms with van der Waals surface area (Å²) in [4.78, 5) is 15.0. The van der Waals surface area contributed by atoms with Gasteiger partial charge in [-0.2, -0.15) is 0 Å². The summed E-state index contributed by atoms with van der Waals surface area (Å²) in [5.41, 5.74) is 1.92. The van der Waals surface area contributed by atoms with E-state index in [0.29, 0.717) is 5.69 Å². The van der Waals surface area contributed by atoms with Gasteiger partial charge < -0.3 is 15.5 Å². The highest BCUT2D eigenvalue weighted by atomic mass is 32.1. The lowest BCUT2D eigenvalue weighted by Gasteiger charge is -2.03. The molecule has 3 N–H and O–H groups in total. The summed E-state index contributed by atoms with van der Waals surface area (Å²) >= 11 is 1.34. The van der Waals surface area contributed by atoms with Gasteiger partial charge in [0.15, 0.2) is 6.29 Å². The minimum absolute atomic E-state index is 0.121. The molecular weight excluding hydrogens is 192 g/mol. The van der Waals surface area contributed by atoms with Crippen LogP contribution >= 0.6 is 11.3 Å². The first-order valence-corrected chi connectivity index (χ1v) is 4.67. The van der Waals surface area contributed by atoms with Gasteiger partial charge in [0.1, 0.15) is 5.69 Å². The number of rotatable bonds is 4. The van der Waals surface area contributed by atoms with Crippen LogP contribution in [0.3, 0.4) is 0 Å². The van der Waals surface area contributed by atoms with E-state index >= 15 is 0 Å². The van der Waals surface area contributed by atoms with Gasteiger partial charge in [-0.15, -0.1) is 11.3 Å². The number of carbonyl (C=O) groups excluding carboxylic acids is 1. The number of carbonyl (C=O) groups is 1. The number of hydrogen-bond donors (Lipinski definition) is 3. The van der Waals surface area contributed by atoms with Crippen molar-refractivity contribution in [2.75, 3.05) is 6.54 Å². The van der Waals surface area contributed by atoms with E-state index in [1.54, 1.807) is 10.9 Å². The Morgan fingerprint density at radius 1 is 1.69 bits per heavy atom. The van der Waals surface area contributed by atoms with Crippen molar-refractivity contribution in [2.45, 2.75) is 12.7 Å². The molecule has 13 heavy (non-hydrogen) atoms. The molecule has 0 aliphatic rings. The van der Waals surface area contributed by atoms with Crippen molar-refractivity contribution in [3.63, 3.8) is 0 Å². The number of nitrogens with zero attached hydrogens (tertiary/aromatic N) is 1.